The number of benzene rings is 2. The number of carbonyl (C=O) groups excluding carboxylic acids is 3. The van der Waals surface area contributed by atoms with E-state index in [-0.39, 0.29) is 25.5 Å². The maximum atomic E-state index is 13.0. The number of rotatable bonds is 5. The molecule has 0 atom stereocenters. The van der Waals surface area contributed by atoms with Gasteiger partial charge in [0.05, 0.1) is 10.7 Å². The van der Waals surface area contributed by atoms with Crippen LogP contribution in [0, 0.1) is 5.82 Å². The van der Waals surface area contributed by atoms with E-state index in [0.29, 0.717) is 17.3 Å². The third kappa shape index (κ3) is 4.62. The van der Waals surface area contributed by atoms with Crippen molar-refractivity contribution in [2.24, 2.45) is 0 Å². The van der Waals surface area contributed by atoms with Gasteiger partial charge in [0.25, 0.3) is 0 Å². The average molecular weight is 390 g/mol. The molecule has 1 heterocycles. The van der Waals surface area contributed by atoms with Crippen LogP contribution < -0.4 is 5.32 Å². The Morgan fingerprint density at radius 1 is 1.00 bits per heavy atom. The Bertz CT molecular complexity index is 873. The monoisotopic (exact) mass is 389 g/mol. The molecular formula is C19H17ClFN3O3. The molecule has 6 nitrogen and oxygen atoms in total. The summed E-state index contributed by atoms with van der Waals surface area (Å²) in [5.74, 6) is -2.22. The van der Waals surface area contributed by atoms with Crippen molar-refractivity contribution in [1.82, 2.24) is 9.80 Å². The highest BCUT2D eigenvalue weighted by atomic mass is 35.5. The molecule has 8 heteroatoms. The van der Waals surface area contributed by atoms with Gasteiger partial charge in [-0.15, -0.1) is 0 Å². The minimum atomic E-state index is -0.738. The molecule has 0 bridgehead atoms. The molecule has 0 radical (unpaired) electrons. The summed E-state index contributed by atoms with van der Waals surface area (Å²) in [6.07, 6.45) is 0. The number of piperazine rings is 1. The average Bonchev–Trinajstić information content (AvgIpc) is 2.65. The number of para-hydroxylation sites is 1. The van der Waals surface area contributed by atoms with E-state index in [1.807, 2.05) is 0 Å². The van der Waals surface area contributed by atoms with Crippen molar-refractivity contribution in [3.05, 3.63) is 64.9 Å². The molecule has 0 unspecified atom stereocenters. The lowest BCUT2D eigenvalue weighted by Gasteiger charge is -2.33. The van der Waals surface area contributed by atoms with Gasteiger partial charge >= 0.3 is 11.8 Å². The highest BCUT2D eigenvalue weighted by Gasteiger charge is 2.33. The lowest BCUT2D eigenvalue weighted by atomic mass is 10.2. The van der Waals surface area contributed by atoms with Gasteiger partial charge in [0.15, 0.2) is 0 Å². The van der Waals surface area contributed by atoms with Crippen LogP contribution in [0.5, 0.6) is 0 Å². The summed E-state index contributed by atoms with van der Waals surface area (Å²) in [6, 6.07) is 12.5. The molecule has 3 amide bonds. The first-order chi connectivity index (χ1) is 12.9. The molecule has 1 aliphatic rings. The molecule has 3 rings (SSSR count). The molecule has 2 aromatic rings. The third-order valence-electron chi connectivity index (χ3n) is 4.17. The summed E-state index contributed by atoms with van der Waals surface area (Å²) in [5.41, 5.74) is 1.17. The first kappa shape index (κ1) is 18.8. The third-order valence-corrected chi connectivity index (χ3v) is 4.50. The fraction of sp³-hybridized carbons (Fsp3) is 0.211. The number of halogens is 2. The summed E-state index contributed by atoms with van der Waals surface area (Å²) in [5, 5.41) is 3.01. The van der Waals surface area contributed by atoms with Crippen LogP contribution in [-0.2, 0) is 20.9 Å². The van der Waals surface area contributed by atoms with Crippen molar-refractivity contribution in [3.8, 4) is 0 Å². The molecule has 2 aromatic carbocycles. The summed E-state index contributed by atoms with van der Waals surface area (Å²) in [6.45, 7) is 0.508. The SMILES string of the molecule is O=C(CN1CCN(Cc2ccc(F)cc2)C(=O)C1=O)Nc1ccccc1Cl. The van der Waals surface area contributed by atoms with Crippen LogP contribution in [0.1, 0.15) is 5.56 Å². The molecule has 1 saturated heterocycles. The Balaban J connectivity index is 1.57. The minimum Gasteiger partial charge on any atom is -0.328 e. The smallest absolute Gasteiger partial charge is 0.312 e. The zero-order valence-electron chi connectivity index (χ0n) is 14.3. The van der Waals surface area contributed by atoms with Gasteiger partial charge < -0.3 is 15.1 Å². The van der Waals surface area contributed by atoms with Gasteiger partial charge in [0.2, 0.25) is 5.91 Å². The number of anilines is 1. The number of nitrogens with one attached hydrogen (secondary N) is 1. The second-order valence-corrected chi connectivity index (χ2v) is 6.52. The summed E-state index contributed by atoms with van der Waals surface area (Å²) < 4.78 is 13.0. The van der Waals surface area contributed by atoms with Gasteiger partial charge in [-0.2, -0.15) is 0 Å². The van der Waals surface area contributed by atoms with Gasteiger partial charge in [-0.1, -0.05) is 35.9 Å². The molecule has 1 fully saturated rings. The van der Waals surface area contributed by atoms with Crippen molar-refractivity contribution in [2.45, 2.75) is 6.54 Å². The maximum Gasteiger partial charge on any atom is 0.312 e. The van der Waals surface area contributed by atoms with Crippen LogP contribution >= 0.6 is 11.6 Å². The Labute approximate surface area is 160 Å². The summed E-state index contributed by atoms with van der Waals surface area (Å²) >= 11 is 5.99. The summed E-state index contributed by atoms with van der Waals surface area (Å²) in [4.78, 5) is 39.4. The molecular weight excluding hydrogens is 373 g/mol. The molecule has 0 spiro atoms. The predicted molar refractivity (Wildman–Crippen MR) is 98.5 cm³/mol. The van der Waals surface area contributed by atoms with E-state index < -0.39 is 17.7 Å². The lowest BCUT2D eigenvalue weighted by Crippen LogP contribution is -2.55. The lowest BCUT2D eigenvalue weighted by molar-refractivity contribution is -0.157. The Morgan fingerprint density at radius 3 is 2.33 bits per heavy atom. The van der Waals surface area contributed by atoms with Crippen LogP contribution in [0.15, 0.2) is 48.5 Å². The Kier molecular flexibility index (Phi) is 5.71. The molecule has 0 saturated carbocycles. The maximum absolute atomic E-state index is 13.0. The summed E-state index contributed by atoms with van der Waals surface area (Å²) in [7, 11) is 0. The van der Waals surface area contributed by atoms with E-state index in [0.717, 1.165) is 5.56 Å². The van der Waals surface area contributed by atoms with Crippen molar-refractivity contribution in [3.63, 3.8) is 0 Å². The van der Waals surface area contributed by atoms with Crippen molar-refractivity contribution >= 4 is 35.0 Å². The van der Waals surface area contributed by atoms with Crippen LogP contribution in [0.4, 0.5) is 10.1 Å². The van der Waals surface area contributed by atoms with E-state index in [4.69, 9.17) is 11.6 Å². The zero-order valence-corrected chi connectivity index (χ0v) is 15.1. The second-order valence-electron chi connectivity index (χ2n) is 6.11. The fourth-order valence-electron chi connectivity index (χ4n) is 2.75. The highest BCUT2D eigenvalue weighted by molar-refractivity contribution is 6.36. The van der Waals surface area contributed by atoms with Crippen molar-refractivity contribution in [2.75, 3.05) is 25.0 Å². The number of hydrogen-bond donors (Lipinski definition) is 1. The fourth-order valence-corrected chi connectivity index (χ4v) is 2.94. The van der Waals surface area contributed by atoms with Crippen LogP contribution in [-0.4, -0.2) is 47.2 Å². The molecule has 1 N–H and O–H groups in total. The minimum absolute atomic E-state index is 0.213. The van der Waals surface area contributed by atoms with E-state index in [1.54, 1.807) is 36.4 Å². The standard InChI is InChI=1S/C19H17ClFN3O3/c20-15-3-1-2-4-16(15)22-17(25)12-24-10-9-23(18(26)19(24)27)11-13-5-7-14(21)8-6-13/h1-8H,9-12H2,(H,22,25). The Morgan fingerprint density at radius 2 is 1.63 bits per heavy atom. The Hall–Kier alpha value is -2.93. The molecule has 1 aliphatic heterocycles. The first-order valence-corrected chi connectivity index (χ1v) is 8.69. The molecule has 140 valence electrons. The van der Waals surface area contributed by atoms with E-state index in [2.05, 4.69) is 5.32 Å². The second kappa shape index (κ2) is 8.18. The normalized spacial score (nSPS) is 14.4. The molecule has 0 aliphatic carbocycles. The topological polar surface area (TPSA) is 69.7 Å². The van der Waals surface area contributed by atoms with Crippen LogP contribution in [0.2, 0.25) is 5.02 Å². The van der Waals surface area contributed by atoms with Crippen molar-refractivity contribution < 1.29 is 18.8 Å². The molecule has 27 heavy (non-hydrogen) atoms. The van der Waals surface area contributed by atoms with Gasteiger partial charge in [-0.25, -0.2) is 4.39 Å². The van der Waals surface area contributed by atoms with Crippen molar-refractivity contribution in [1.29, 1.82) is 0 Å². The van der Waals surface area contributed by atoms with Gasteiger partial charge in [-0.05, 0) is 29.8 Å². The number of nitrogens with zero attached hydrogens (tertiary/aromatic N) is 2. The zero-order chi connectivity index (χ0) is 19.4. The number of carbonyl (C=O) groups is 3. The van der Waals surface area contributed by atoms with E-state index >= 15 is 0 Å². The number of hydrogen-bond acceptors (Lipinski definition) is 3. The predicted octanol–water partition coefficient (Wildman–Crippen LogP) is 2.29. The van der Waals surface area contributed by atoms with Crippen LogP contribution in [0.3, 0.4) is 0 Å². The quantitative estimate of drug-likeness (QED) is 0.798. The number of amides is 3. The molecule has 0 aromatic heterocycles. The van der Waals surface area contributed by atoms with Gasteiger partial charge in [0, 0.05) is 19.6 Å². The van der Waals surface area contributed by atoms with Crippen LogP contribution in [0.25, 0.3) is 0 Å². The van der Waals surface area contributed by atoms with E-state index in [1.165, 1.54) is 21.9 Å². The largest absolute Gasteiger partial charge is 0.328 e. The highest BCUT2D eigenvalue weighted by Crippen LogP contribution is 2.20. The van der Waals surface area contributed by atoms with Gasteiger partial charge in [-0.3, -0.25) is 14.4 Å². The van der Waals surface area contributed by atoms with Gasteiger partial charge in [0.1, 0.15) is 12.4 Å². The van der Waals surface area contributed by atoms with E-state index in [9.17, 15) is 18.8 Å². The first-order valence-electron chi connectivity index (χ1n) is 8.31.